The van der Waals surface area contributed by atoms with Crippen LogP contribution in [-0.2, 0) is 0 Å². The highest BCUT2D eigenvalue weighted by Gasteiger charge is 2.27. The van der Waals surface area contributed by atoms with E-state index >= 15 is 0 Å². The topological polar surface area (TPSA) is 0 Å². The van der Waals surface area contributed by atoms with Crippen molar-refractivity contribution in [2.24, 2.45) is 0 Å². The molecule has 0 aromatic heterocycles. The first kappa shape index (κ1) is 31.9. The molecule has 0 amide bonds. The second kappa shape index (κ2) is 13.7. The second-order valence-corrected chi connectivity index (χ2v) is 14.3. The van der Waals surface area contributed by atoms with Crippen LogP contribution in [0.2, 0.25) is 0 Å². The van der Waals surface area contributed by atoms with Gasteiger partial charge in [-0.15, -0.1) is 0 Å². The Labute approximate surface area is 317 Å². The molecule has 0 spiro atoms. The van der Waals surface area contributed by atoms with Crippen LogP contribution in [0.1, 0.15) is 24.0 Å². The molecule has 0 radical (unpaired) electrons. The van der Waals surface area contributed by atoms with Crippen LogP contribution in [0.15, 0.2) is 206 Å². The number of rotatable bonds is 6. The predicted molar refractivity (Wildman–Crippen MR) is 232 cm³/mol. The third-order valence-corrected chi connectivity index (χ3v) is 11.2. The molecule has 10 rings (SSSR count). The van der Waals surface area contributed by atoms with Crippen molar-refractivity contribution < 1.29 is 0 Å². The first-order valence-electron chi connectivity index (χ1n) is 19.0. The SMILES string of the molecule is C1=C(c2ccccc2)CCC(c2c3ccccc3c(-c3ccc(-c4ccccc4)cc3)c3c(-c4ccccc4)c4ccccc4c(-c4ccccc4)c23)=C1. The normalized spacial score (nSPS) is 12.9. The van der Waals surface area contributed by atoms with Gasteiger partial charge in [0.25, 0.3) is 0 Å². The molecular weight excluding hydrogens is 649 g/mol. The Morgan fingerprint density at radius 2 is 0.519 bits per heavy atom. The van der Waals surface area contributed by atoms with E-state index in [0.29, 0.717) is 0 Å². The third kappa shape index (κ3) is 5.47. The van der Waals surface area contributed by atoms with Crippen molar-refractivity contribution in [3.05, 3.63) is 217 Å². The monoisotopic (exact) mass is 686 g/mol. The highest BCUT2D eigenvalue weighted by atomic mass is 14.3. The molecule has 0 saturated heterocycles. The molecule has 254 valence electrons. The van der Waals surface area contributed by atoms with Gasteiger partial charge in [0.2, 0.25) is 0 Å². The van der Waals surface area contributed by atoms with Crippen molar-refractivity contribution in [1.29, 1.82) is 0 Å². The maximum atomic E-state index is 2.41. The van der Waals surface area contributed by atoms with Gasteiger partial charge in [-0.25, -0.2) is 0 Å². The molecule has 0 unspecified atom stereocenters. The van der Waals surface area contributed by atoms with Crippen molar-refractivity contribution in [2.75, 3.05) is 0 Å². The smallest absolute Gasteiger partial charge is 0.000151 e. The summed E-state index contributed by atoms with van der Waals surface area (Å²) >= 11 is 0. The summed E-state index contributed by atoms with van der Waals surface area (Å²) in [7, 11) is 0. The van der Waals surface area contributed by atoms with Crippen LogP contribution >= 0.6 is 0 Å². The Bertz CT molecular complexity index is 2860. The minimum Gasteiger partial charge on any atom is -0.0622 e. The zero-order chi connectivity index (χ0) is 35.8. The van der Waals surface area contributed by atoms with Crippen molar-refractivity contribution in [3.8, 4) is 44.5 Å². The number of hydrogen-bond donors (Lipinski definition) is 0. The predicted octanol–water partition coefficient (Wildman–Crippen LogP) is 15.1. The maximum Gasteiger partial charge on any atom is -0.000151 e. The zero-order valence-electron chi connectivity index (χ0n) is 30.0. The minimum atomic E-state index is 0.965. The lowest BCUT2D eigenvalue weighted by molar-refractivity contribution is 1.08. The van der Waals surface area contributed by atoms with Crippen LogP contribution in [0, 0.1) is 0 Å². The van der Waals surface area contributed by atoms with Crippen LogP contribution in [0.5, 0.6) is 0 Å². The molecule has 1 aliphatic rings. The van der Waals surface area contributed by atoms with E-state index in [9.17, 15) is 0 Å². The molecule has 9 aromatic carbocycles. The summed E-state index contributed by atoms with van der Waals surface area (Å²) in [6, 6.07) is 71.1. The fraction of sp³-hybridized carbons (Fsp3) is 0.0370. The summed E-state index contributed by atoms with van der Waals surface area (Å²) < 4.78 is 0. The average Bonchev–Trinajstić information content (AvgIpc) is 3.26. The van der Waals surface area contributed by atoms with Crippen LogP contribution in [0.4, 0.5) is 0 Å². The lowest BCUT2D eigenvalue weighted by Gasteiger charge is -2.27. The van der Waals surface area contributed by atoms with E-state index in [0.717, 1.165) is 12.8 Å². The van der Waals surface area contributed by atoms with Gasteiger partial charge < -0.3 is 0 Å². The quantitative estimate of drug-likeness (QED) is 0.153. The second-order valence-electron chi connectivity index (χ2n) is 14.3. The lowest BCUT2D eigenvalue weighted by Crippen LogP contribution is -2.01. The molecule has 0 nitrogen and oxygen atoms in total. The lowest BCUT2D eigenvalue weighted by atomic mass is 9.76. The number of benzene rings is 9. The van der Waals surface area contributed by atoms with Gasteiger partial charge in [0.05, 0.1) is 0 Å². The molecule has 0 atom stereocenters. The summed E-state index contributed by atoms with van der Waals surface area (Å²) in [4.78, 5) is 0. The van der Waals surface area contributed by atoms with Gasteiger partial charge in [0, 0.05) is 0 Å². The average molecular weight is 687 g/mol. The van der Waals surface area contributed by atoms with E-state index in [-0.39, 0.29) is 0 Å². The number of fused-ring (bicyclic) bond motifs is 3. The molecule has 0 bridgehead atoms. The molecule has 0 heteroatoms. The van der Waals surface area contributed by atoms with Gasteiger partial charge in [-0.3, -0.25) is 0 Å². The van der Waals surface area contributed by atoms with Gasteiger partial charge >= 0.3 is 0 Å². The molecule has 54 heavy (non-hydrogen) atoms. The van der Waals surface area contributed by atoms with E-state index in [1.165, 1.54) is 99.1 Å². The largest absolute Gasteiger partial charge is 0.0622 e. The van der Waals surface area contributed by atoms with Gasteiger partial charge in [0.1, 0.15) is 0 Å². The van der Waals surface area contributed by atoms with Gasteiger partial charge in [-0.1, -0.05) is 206 Å². The third-order valence-electron chi connectivity index (χ3n) is 11.2. The van der Waals surface area contributed by atoms with Crippen LogP contribution in [0.25, 0.3) is 88.0 Å². The maximum absolute atomic E-state index is 2.41. The Hall–Kier alpha value is -6.76. The number of hydrogen-bond acceptors (Lipinski definition) is 0. The Morgan fingerprint density at radius 1 is 0.222 bits per heavy atom. The van der Waals surface area contributed by atoms with E-state index in [1.807, 2.05) is 0 Å². The first-order chi connectivity index (χ1) is 26.8. The van der Waals surface area contributed by atoms with Crippen molar-refractivity contribution >= 4 is 43.5 Å². The molecule has 0 heterocycles. The molecule has 1 aliphatic carbocycles. The molecular formula is C54H38. The van der Waals surface area contributed by atoms with E-state index < -0.39 is 0 Å². The van der Waals surface area contributed by atoms with Gasteiger partial charge in [-0.05, 0) is 112 Å². The number of allylic oxidation sites excluding steroid dienone is 4. The molecule has 0 N–H and O–H groups in total. The molecule has 0 aliphatic heterocycles. The Kier molecular flexibility index (Phi) is 8.08. The Morgan fingerprint density at radius 3 is 0.963 bits per heavy atom. The highest BCUT2D eigenvalue weighted by Crippen LogP contribution is 2.53. The fourth-order valence-electron chi connectivity index (χ4n) is 8.77. The van der Waals surface area contributed by atoms with Crippen molar-refractivity contribution in [1.82, 2.24) is 0 Å². The van der Waals surface area contributed by atoms with Crippen LogP contribution in [-0.4, -0.2) is 0 Å². The first-order valence-corrected chi connectivity index (χ1v) is 19.0. The Balaban J connectivity index is 1.40. The van der Waals surface area contributed by atoms with Gasteiger partial charge in [-0.2, -0.15) is 0 Å². The van der Waals surface area contributed by atoms with E-state index in [1.54, 1.807) is 0 Å². The summed E-state index contributed by atoms with van der Waals surface area (Å²) in [5.41, 5.74) is 15.4. The van der Waals surface area contributed by atoms with Crippen molar-refractivity contribution in [2.45, 2.75) is 12.8 Å². The summed E-state index contributed by atoms with van der Waals surface area (Å²) in [5.74, 6) is 0. The molecule has 9 aromatic rings. The van der Waals surface area contributed by atoms with E-state index in [2.05, 4.69) is 206 Å². The van der Waals surface area contributed by atoms with Crippen molar-refractivity contribution in [3.63, 3.8) is 0 Å². The minimum absolute atomic E-state index is 0.965. The molecule has 0 saturated carbocycles. The van der Waals surface area contributed by atoms with Gasteiger partial charge in [0.15, 0.2) is 0 Å². The fourth-order valence-corrected chi connectivity index (χ4v) is 8.77. The zero-order valence-corrected chi connectivity index (χ0v) is 30.0. The summed E-state index contributed by atoms with van der Waals surface area (Å²) in [5, 5.41) is 7.73. The van der Waals surface area contributed by atoms with E-state index in [4.69, 9.17) is 0 Å². The molecule has 0 fully saturated rings. The van der Waals surface area contributed by atoms with Crippen LogP contribution in [0.3, 0.4) is 0 Å². The summed E-state index contributed by atoms with van der Waals surface area (Å²) in [6.45, 7) is 0. The standard InChI is InChI=1S/C54H38/c1-5-17-37(18-6-1)39-29-33-43(34-30-39)51-47-27-15-16-28-48(47)52(44-35-31-40(32-36-44)38-19-7-2-8-20-38)54-50(42-23-11-4-12-24-42)46-26-14-13-25-45(46)49(53(51)54)41-21-9-3-10-22-41/h1-31,33-35H,32,36H2. The highest BCUT2D eigenvalue weighted by molar-refractivity contribution is 6.32. The van der Waals surface area contributed by atoms with Crippen LogP contribution < -0.4 is 0 Å². The summed E-state index contributed by atoms with van der Waals surface area (Å²) in [6.07, 6.45) is 6.74.